The van der Waals surface area contributed by atoms with Crippen LogP contribution in [0, 0.1) is 6.92 Å². The van der Waals surface area contributed by atoms with Crippen molar-refractivity contribution < 1.29 is 14.3 Å². The molecule has 1 aliphatic rings. The molecule has 0 aliphatic carbocycles. The van der Waals surface area contributed by atoms with Crippen LogP contribution in [0.2, 0.25) is 0 Å². The molecule has 0 bridgehead atoms. The van der Waals surface area contributed by atoms with Crippen LogP contribution in [0.1, 0.15) is 48.4 Å². The van der Waals surface area contributed by atoms with Gasteiger partial charge in [-0.15, -0.1) is 0 Å². The predicted molar refractivity (Wildman–Crippen MR) is 106 cm³/mol. The van der Waals surface area contributed by atoms with E-state index in [4.69, 9.17) is 9.47 Å². The van der Waals surface area contributed by atoms with E-state index in [-0.39, 0.29) is 18.7 Å². The van der Waals surface area contributed by atoms with Gasteiger partial charge in [-0.25, -0.2) is 9.67 Å². The molecular weight excluding hydrogens is 356 g/mol. The average Bonchev–Trinajstić information content (AvgIpc) is 3.30. The Hall–Kier alpha value is -3.09. The number of hydrogen-bond donors (Lipinski definition) is 0. The summed E-state index contributed by atoms with van der Waals surface area (Å²) < 4.78 is 12.7. The van der Waals surface area contributed by atoms with Gasteiger partial charge in [0.25, 0.3) is 5.91 Å². The van der Waals surface area contributed by atoms with Gasteiger partial charge in [0.15, 0.2) is 17.1 Å². The van der Waals surface area contributed by atoms with Gasteiger partial charge in [0.2, 0.25) is 6.79 Å². The number of benzene rings is 1. The molecule has 0 unspecified atom stereocenters. The Kier molecular flexibility index (Phi) is 4.66. The summed E-state index contributed by atoms with van der Waals surface area (Å²) in [7, 11) is 0. The maximum Gasteiger partial charge on any atom is 0.256 e. The third-order valence-electron chi connectivity index (χ3n) is 4.96. The normalized spacial score (nSPS) is 12.8. The molecule has 0 saturated heterocycles. The van der Waals surface area contributed by atoms with Crippen LogP contribution in [0.5, 0.6) is 11.5 Å². The van der Waals surface area contributed by atoms with E-state index in [0.29, 0.717) is 24.3 Å². The molecule has 2 aromatic heterocycles. The Labute approximate surface area is 163 Å². The van der Waals surface area contributed by atoms with Gasteiger partial charge in [-0.2, -0.15) is 5.10 Å². The van der Waals surface area contributed by atoms with Gasteiger partial charge >= 0.3 is 0 Å². The second kappa shape index (κ2) is 7.14. The molecule has 4 rings (SSSR count). The first-order valence-electron chi connectivity index (χ1n) is 9.50. The van der Waals surface area contributed by atoms with Gasteiger partial charge < -0.3 is 14.4 Å². The summed E-state index contributed by atoms with van der Waals surface area (Å²) >= 11 is 0. The number of pyridine rings is 1. The van der Waals surface area contributed by atoms with Gasteiger partial charge in [0.1, 0.15) is 0 Å². The van der Waals surface area contributed by atoms with E-state index in [0.717, 1.165) is 28.1 Å². The molecule has 1 amide bonds. The largest absolute Gasteiger partial charge is 0.454 e. The number of aromatic nitrogens is 3. The van der Waals surface area contributed by atoms with Crippen molar-refractivity contribution in [3.05, 3.63) is 47.3 Å². The third kappa shape index (κ3) is 3.17. The molecule has 0 fully saturated rings. The van der Waals surface area contributed by atoms with Crippen molar-refractivity contribution in [2.24, 2.45) is 0 Å². The summed E-state index contributed by atoms with van der Waals surface area (Å²) in [5.41, 5.74) is 3.13. The highest BCUT2D eigenvalue weighted by molar-refractivity contribution is 5.98. The summed E-state index contributed by atoms with van der Waals surface area (Å²) in [6.45, 7) is 9.30. The van der Waals surface area contributed by atoms with Crippen molar-refractivity contribution >= 4 is 16.9 Å². The second-order valence-electron chi connectivity index (χ2n) is 7.22. The van der Waals surface area contributed by atoms with Crippen LogP contribution < -0.4 is 9.47 Å². The number of ether oxygens (including phenoxy) is 2. The fourth-order valence-corrected chi connectivity index (χ4v) is 3.42. The lowest BCUT2D eigenvalue weighted by Crippen LogP contribution is -2.31. The van der Waals surface area contributed by atoms with Gasteiger partial charge in [0.05, 0.1) is 17.5 Å². The van der Waals surface area contributed by atoms with E-state index in [9.17, 15) is 4.79 Å². The maximum atomic E-state index is 13.2. The lowest BCUT2D eigenvalue weighted by molar-refractivity contribution is 0.0751. The highest BCUT2D eigenvalue weighted by Gasteiger charge is 2.21. The van der Waals surface area contributed by atoms with Crippen molar-refractivity contribution in [3.63, 3.8) is 0 Å². The number of hydrogen-bond acceptors (Lipinski definition) is 5. The maximum absolute atomic E-state index is 13.2. The quantitative estimate of drug-likeness (QED) is 0.675. The summed E-state index contributed by atoms with van der Waals surface area (Å²) in [5.74, 6) is 1.43. The van der Waals surface area contributed by atoms with Gasteiger partial charge in [-0.05, 0) is 51.5 Å². The third-order valence-corrected chi connectivity index (χ3v) is 4.96. The molecule has 1 aromatic carbocycles. The van der Waals surface area contributed by atoms with Crippen LogP contribution in [0.15, 0.2) is 30.5 Å². The zero-order valence-corrected chi connectivity index (χ0v) is 16.6. The first-order chi connectivity index (χ1) is 13.5. The van der Waals surface area contributed by atoms with E-state index in [1.807, 2.05) is 42.8 Å². The number of carbonyl (C=O) groups excluding carboxylic acids is 1. The summed E-state index contributed by atoms with van der Waals surface area (Å²) in [5, 5.41) is 5.28. The van der Waals surface area contributed by atoms with Crippen molar-refractivity contribution in [1.29, 1.82) is 0 Å². The van der Waals surface area contributed by atoms with Crippen LogP contribution in [0.4, 0.5) is 0 Å². The highest BCUT2D eigenvalue weighted by atomic mass is 16.7. The monoisotopic (exact) mass is 380 g/mol. The molecule has 0 saturated carbocycles. The topological polar surface area (TPSA) is 69.5 Å². The minimum absolute atomic E-state index is 0.0376. The smallest absolute Gasteiger partial charge is 0.256 e. The molecule has 7 nitrogen and oxygen atoms in total. The molecule has 1 aliphatic heterocycles. The van der Waals surface area contributed by atoms with Gasteiger partial charge in [-0.1, -0.05) is 6.07 Å². The fraction of sp³-hybridized carbons (Fsp3) is 0.381. The van der Waals surface area contributed by atoms with Crippen LogP contribution in [-0.4, -0.2) is 38.9 Å². The fourth-order valence-electron chi connectivity index (χ4n) is 3.42. The summed E-state index contributed by atoms with van der Waals surface area (Å²) in [6.07, 6.45) is 1.77. The van der Waals surface area contributed by atoms with Gasteiger partial charge in [-0.3, -0.25) is 4.79 Å². The molecule has 3 aromatic rings. The van der Waals surface area contributed by atoms with E-state index >= 15 is 0 Å². The minimum atomic E-state index is -0.0376. The molecular formula is C21H24N4O3. The molecule has 7 heteroatoms. The average molecular weight is 380 g/mol. The van der Waals surface area contributed by atoms with E-state index < -0.39 is 0 Å². The standard InChI is InChI=1S/C21H24N4O3/c1-5-24(11-15-6-7-18-19(8-15)28-12-27-18)21(26)17-9-16-10-22-25(13(2)3)20(16)23-14(17)4/h6-10,13H,5,11-12H2,1-4H3. The highest BCUT2D eigenvalue weighted by Crippen LogP contribution is 2.33. The zero-order valence-electron chi connectivity index (χ0n) is 16.6. The Morgan fingerprint density at radius 3 is 2.79 bits per heavy atom. The van der Waals surface area contributed by atoms with Crippen molar-refractivity contribution in [1.82, 2.24) is 19.7 Å². The van der Waals surface area contributed by atoms with E-state index in [2.05, 4.69) is 23.9 Å². The van der Waals surface area contributed by atoms with Gasteiger partial charge in [0, 0.05) is 24.5 Å². The molecule has 0 N–H and O–H groups in total. The second-order valence-corrected chi connectivity index (χ2v) is 7.22. The lowest BCUT2D eigenvalue weighted by Gasteiger charge is -2.22. The van der Waals surface area contributed by atoms with Crippen molar-refractivity contribution in [2.45, 2.75) is 40.3 Å². The predicted octanol–water partition coefficient (Wildman–Crippen LogP) is 3.71. The van der Waals surface area contributed by atoms with E-state index in [1.54, 1.807) is 11.1 Å². The molecule has 3 heterocycles. The Morgan fingerprint density at radius 1 is 1.25 bits per heavy atom. The molecule has 0 atom stereocenters. The van der Waals surface area contributed by atoms with Crippen LogP contribution in [0.3, 0.4) is 0 Å². The molecule has 28 heavy (non-hydrogen) atoms. The SMILES string of the molecule is CCN(Cc1ccc2c(c1)OCO2)C(=O)c1cc2cnn(C(C)C)c2nc1C. The Bertz CT molecular complexity index is 1040. The Balaban J connectivity index is 1.62. The molecule has 146 valence electrons. The first-order valence-corrected chi connectivity index (χ1v) is 9.50. The number of amides is 1. The van der Waals surface area contributed by atoms with Crippen molar-refractivity contribution in [2.75, 3.05) is 13.3 Å². The van der Waals surface area contributed by atoms with Crippen LogP contribution >= 0.6 is 0 Å². The lowest BCUT2D eigenvalue weighted by atomic mass is 10.1. The zero-order chi connectivity index (χ0) is 19.8. The first kappa shape index (κ1) is 18.3. The van der Waals surface area contributed by atoms with Crippen LogP contribution in [-0.2, 0) is 6.54 Å². The Morgan fingerprint density at radius 2 is 2.04 bits per heavy atom. The molecule has 0 radical (unpaired) electrons. The van der Waals surface area contributed by atoms with Crippen molar-refractivity contribution in [3.8, 4) is 11.5 Å². The molecule has 0 spiro atoms. The van der Waals surface area contributed by atoms with E-state index in [1.165, 1.54) is 0 Å². The number of nitrogens with zero attached hydrogens (tertiary/aromatic N) is 4. The number of aryl methyl sites for hydroxylation is 1. The number of carbonyl (C=O) groups is 1. The number of fused-ring (bicyclic) bond motifs is 2. The number of rotatable bonds is 5. The summed E-state index contributed by atoms with van der Waals surface area (Å²) in [6, 6.07) is 7.89. The minimum Gasteiger partial charge on any atom is -0.454 e. The van der Waals surface area contributed by atoms with Crippen LogP contribution in [0.25, 0.3) is 11.0 Å². The summed E-state index contributed by atoms with van der Waals surface area (Å²) in [4.78, 5) is 19.7.